The summed E-state index contributed by atoms with van der Waals surface area (Å²) in [5, 5.41) is 7.13. The molecule has 0 saturated carbocycles. The second kappa shape index (κ2) is 10.8. The lowest BCUT2D eigenvalue weighted by atomic mass is 10.1. The molecule has 0 aliphatic rings. The van der Waals surface area contributed by atoms with Crippen molar-refractivity contribution in [2.24, 2.45) is 0 Å². The Labute approximate surface area is 173 Å². The zero-order valence-electron chi connectivity index (χ0n) is 17.3. The third kappa shape index (κ3) is 6.30. The third-order valence-corrected chi connectivity index (χ3v) is 4.67. The van der Waals surface area contributed by atoms with E-state index in [2.05, 4.69) is 43.5 Å². The maximum Gasteiger partial charge on any atom is 0.166 e. The predicted octanol–water partition coefficient (Wildman–Crippen LogP) is 3.79. The van der Waals surface area contributed by atoms with Crippen LogP contribution in [0.3, 0.4) is 0 Å². The second-order valence-corrected chi connectivity index (χ2v) is 7.18. The SMILES string of the molecule is COc1ccc(CCNC(=S)NC(C)COc2c(C)cccc2C)cc1OC. The molecule has 6 heteroatoms. The molecule has 0 saturated heterocycles. The van der Waals surface area contributed by atoms with Gasteiger partial charge >= 0.3 is 0 Å². The molecule has 2 rings (SSSR count). The van der Waals surface area contributed by atoms with Crippen LogP contribution in [0.4, 0.5) is 0 Å². The van der Waals surface area contributed by atoms with Gasteiger partial charge in [-0.25, -0.2) is 0 Å². The van der Waals surface area contributed by atoms with Crippen molar-refractivity contribution in [3.05, 3.63) is 53.1 Å². The molecule has 0 bridgehead atoms. The highest BCUT2D eigenvalue weighted by Crippen LogP contribution is 2.27. The van der Waals surface area contributed by atoms with Gasteiger partial charge in [0.2, 0.25) is 0 Å². The van der Waals surface area contributed by atoms with Crippen LogP contribution in [-0.2, 0) is 6.42 Å². The van der Waals surface area contributed by atoms with E-state index < -0.39 is 0 Å². The summed E-state index contributed by atoms with van der Waals surface area (Å²) in [6.45, 7) is 7.44. The molecule has 1 unspecified atom stereocenters. The van der Waals surface area contributed by atoms with Crippen molar-refractivity contribution in [2.75, 3.05) is 27.4 Å². The van der Waals surface area contributed by atoms with Crippen LogP contribution in [0.15, 0.2) is 36.4 Å². The minimum atomic E-state index is 0.0973. The molecule has 152 valence electrons. The molecule has 1 atom stereocenters. The Morgan fingerprint density at radius 3 is 2.36 bits per heavy atom. The number of ether oxygens (including phenoxy) is 3. The first-order valence-corrected chi connectivity index (χ1v) is 9.79. The summed E-state index contributed by atoms with van der Waals surface area (Å²) in [7, 11) is 3.27. The normalized spacial score (nSPS) is 11.5. The smallest absolute Gasteiger partial charge is 0.166 e. The molecule has 0 spiro atoms. The van der Waals surface area contributed by atoms with Gasteiger partial charge in [0.05, 0.1) is 20.3 Å². The Bertz CT molecular complexity index is 775. The minimum absolute atomic E-state index is 0.0973. The van der Waals surface area contributed by atoms with Crippen LogP contribution in [0.2, 0.25) is 0 Å². The lowest BCUT2D eigenvalue weighted by molar-refractivity contribution is 0.283. The summed E-state index contributed by atoms with van der Waals surface area (Å²) in [5.41, 5.74) is 3.44. The summed E-state index contributed by atoms with van der Waals surface area (Å²) < 4.78 is 16.6. The zero-order valence-corrected chi connectivity index (χ0v) is 18.1. The van der Waals surface area contributed by atoms with E-state index in [4.69, 9.17) is 26.4 Å². The highest BCUT2D eigenvalue weighted by atomic mass is 32.1. The number of hydrogen-bond donors (Lipinski definition) is 2. The minimum Gasteiger partial charge on any atom is -0.493 e. The number of hydrogen-bond acceptors (Lipinski definition) is 4. The van der Waals surface area contributed by atoms with Crippen LogP contribution in [-0.4, -0.2) is 38.5 Å². The van der Waals surface area contributed by atoms with Gasteiger partial charge in [-0.15, -0.1) is 0 Å². The Morgan fingerprint density at radius 2 is 1.71 bits per heavy atom. The summed E-state index contributed by atoms with van der Waals surface area (Å²) >= 11 is 5.39. The first kappa shape index (κ1) is 21.8. The fraction of sp³-hybridized carbons (Fsp3) is 0.409. The third-order valence-electron chi connectivity index (χ3n) is 4.41. The fourth-order valence-corrected chi connectivity index (χ4v) is 3.21. The molecule has 0 heterocycles. The molecule has 2 aromatic carbocycles. The standard InChI is InChI=1S/C22H30N2O3S/c1-15-7-6-8-16(2)21(15)27-14-17(3)24-22(28)23-12-11-18-9-10-19(25-4)20(13-18)26-5/h6-10,13,17H,11-12,14H2,1-5H3,(H2,23,24,28). The average molecular weight is 403 g/mol. The quantitative estimate of drug-likeness (QED) is 0.623. The average Bonchev–Trinajstić information content (AvgIpc) is 2.67. The van der Waals surface area contributed by atoms with Gasteiger partial charge in [-0.2, -0.15) is 0 Å². The van der Waals surface area contributed by atoms with Gasteiger partial charge in [0, 0.05) is 6.54 Å². The maximum atomic E-state index is 5.98. The second-order valence-electron chi connectivity index (χ2n) is 6.77. The number of thiocarbonyl (C=S) groups is 1. The van der Waals surface area contributed by atoms with E-state index in [1.807, 2.05) is 24.3 Å². The van der Waals surface area contributed by atoms with E-state index in [0.29, 0.717) is 11.7 Å². The molecule has 28 heavy (non-hydrogen) atoms. The molecule has 0 aliphatic carbocycles. The van der Waals surface area contributed by atoms with Crippen molar-refractivity contribution in [1.82, 2.24) is 10.6 Å². The molecule has 0 aromatic heterocycles. The number of methoxy groups -OCH3 is 2. The van der Waals surface area contributed by atoms with Crippen molar-refractivity contribution in [3.8, 4) is 17.2 Å². The van der Waals surface area contributed by atoms with E-state index in [1.165, 1.54) is 0 Å². The summed E-state index contributed by atoms with van der Waals surface area (Å²) in [5.74, 6) is 2.41. The number of aryl methyl sites for hydroxylation is 2. The lowest BCUT2D eigenvalue weighted by Gasteiger charge is -2.19. The largest absolute Gasteiger partial charge is 0.493 e. The van der Waals surface area contributed by atoms with Crippen LogP contribution in [0.1, 0.15) is 23.6 Å². The first-order valence-electron chi connectivity index (χ1n) is 9.39. The molecule has 0 radical (unpaired) electrons. The zero-order chi connectivity index (χ0) is 20.5. The molecule has 5 nitrogen and oxygen atoms in total. The fourth-order valence-electron chi connectivity index (χ4n) is 2.91. The highest BCUT2D eigenvalue weighted by molar-refractivity contribution is 7.80. The number of nitrogens with one attached hydrogen (secondary N) is 2. The molecular weight excluding hydrogens is 372 g/mol. The van der Waals surface area contributed by atoms with Gasteiger partial charge in [0.15, 0.2) is 16.6 Å². The maximum absolute atomic E-state index is 5.98. The van der Waals surface area contributed by atoms with Crippen LogP contribution in [0, 0.1) is 13.8 Å². The summed E-state index contributed by atoms with van der Waals surface area (Å²) in [6.07, 6.45) is 0.829. The molecule has 2 aromatic rings. The lowest BCUT2D eigenvalue weighted by Crippen LogP contribution is -2.43. The Morgan fingerprint density at radius 1 is 1.04 bits per heavy atom. The van der Waals surface area contributed by atoms with E-state index in [9.17, 15) is 0 Å². The summed E-state index contributed by atoms with van der Waals surface area (Å²) in [6, 6.07) is 12.2. The number of rotatable bonds is 9. The highest BCUT2D eigenvalue weighted by Gasteiger charge is 2.09. The molecule has 2 N–H and O–H groups in total. The van der Waals surface area contributed by atoms with Gasteiger partial charge in [-0.05, 0) is 68.2 Å². The van der Waals surface area contributed by atoms with Gasteiger partial charge in [-0.3, -0.25) is 0 Å². The monoisotopic (exact) mass is 402 g/mol. The molecule has 0 aliphatic heterocycles. The van der Waals surface area contributed by atoms with Crippen LogP contribution in [0.25, 0.3) is 0 Å². The Hall–Kier alpha value is -2.47. The van der Waals surface area contributed by atoms with E-state index in [-0.39, 0.29) is 6.04 Å². The first-order chi connectivity index (χ1) is 13.4. The number of benzene rings is 2. The Balaban J connectivity index is 1.75. The van der Waals surface area contributed by atoms with Crippen LogP contribution in [0.5, 0.6) is 17.2 Å². The van der Waals surface area contributed by atoms with Crippen LogP contribution >= 0.6 is 12.2 Å². The van der Waals surface area contributed by atoms with Crippen LogP contribution < -0.4 is 24.8 Å². The van der Waals surface area contributed by atoms with Gasteiger partial charge in [0.1, 0.15) is 12.4 Å². The van der Waals surface area contributed by atoms with E-state index in [1.54, 1.807) is 14.2 Å². The van der Waals surface area contributed by atoms with E-state index >= 15 is 0 Å². The Kier molecular flexibility index (Phi) is 8.39. The summed E-state index contributed by atoms with van der Waals surface area (Å²) in [4.78, 5) is 0. The topological polar surface area (TPSA) is 51.8 Å². The van der Waals surface area contributed by atoms with Crippen molar-refractivity contribution < 1.29 is 14.2 Å². The van der Waals surface area contributed by atoms with Gasteiger partial charge in [0.25, 0.3) is 0 Å². The van der Waals surface area contributed by atoms with Crippen molar-refractivity contribution in [3.63, 3.8) is 0 Å². The number of para-hydroxylation sites is 1. The van der Waals surface area contributed by atoms with Crippen molar-refractivity contribution in [2.45, 2.75) is 33.2 Å². The van der Waals surface area contributed by atoms with Crippen molar-refractivity contribution in [1.29, 1.82) is 0 Å². The molecular formula is C22H30N2O3S. The van der Waals surface area contributed by atoms with Gasteiger partial charge in [-0.1, -0.05) is 24.3 Å². The van der Waals surface area contributed by atoms with E-state index in [0.717, 1.165) is 46.9 Å². The molecule has 0 fully saturated rings. The predicted molar refractivity (Wildman–Crippen MR) is 118 cm³/mol. The van der Waals surface area contributed by atoms with Crippen molar-refractivity contribution >= 4 is 17.3 Å². The van der Waals surface area contributed by atoms with Gasteiger partial charge < -0.3 is 24.8 Å². The molecule has 0 amide bonds.